The number of aromatic hydroxyl groups is 1. The van der Waals surface area contributed by atoms with E-state index in [1.807, 2.05) is 6.92 Å². The number of dihydropyridines is 1. The maximum absolute atomic E-state index is 13.6. The summed E-state index contributed by atoms with van der Waals surface area (Å²) in [7, 11) is 2.67. The van der Waals surface area contributed by atoms with Crippen LogP contribution < -0.4 is 10.1 Å². The number of Topliss-reactive ketones (excluding diaryl/α,β-unsaturated/α-hetero) is 1. The minimum atomic E-state index is -0.970. The smallest absolute Gasteiger partial charge is 0.337 e. The van der Waals surface area contributed by atoms with Crippen LogP contribution in [-0.2, 0) is 23.9 Å². The molecule has 1 aliphatic heterocycles. The molecule has 0 bridgehead atoms. The van der Waals surface area contributed by atoms with Gasteiger partial charge in [0.1, 0.15) is 5.92 Å². The molecule has 2 aliphatic rings. The third-order valence-electron chi connectivity index (χ3n) is 5.84. The summed E-state index contributed by atoms with van der Waals surface area (Å²) in [5.41, 5.74) is 2.40. The van der Waals surface area contributed by atoms with Crippen LogP contribution in [0.5, 0.6) is 11.5 Å². The van der Waals surface area contributed by atoms with Gasteiger partial charge >= 0.3 is 11.9 Å². The second-order valence-electron chi connectivity index (χ2n) is 8.42. The molecule has 1 aromatic carbocycles. The third kappa shape index (κ3) is 4.09. The average molecular weight is 443 g/mol. The fourth-order valence-electron chi connectivity index (χ4n) is 4.44. The van der Waals surface area contributed by atoms with Gasteiger partial charge in [0, 0.05) is 22.9 Å². The Morgan fingerprint density at radius 1 is 1.22 bits per heavy atom. The number of ether oxygens (including phenoxy) is 3. The van der Waals surface area contributed by atoms with E-state index in [9.17, 15) is 19.5 Å². The van der Waals surface area contributed by atoms with Crippen LogP contribution in [0.3, 0.4) is 0 Å². The van der Waals surface area contributed by atoms with Gasteiger partial charge in [-0.15, -0.1) is 0 Å². The maximum atomic E-state index is 13.6. The van der Waals surface area contributed by atoms with Crippen molar-refractivity contribution in [2.24, 2.45) is 11.8 Å². The van der Waals surface area contributed by atoms with Crippen molar-refractivity contribution >= 4 is 17.7 Å². The van der Waals surface area contributed by atoms with Gasteiger partial charge in [-0.1, -0.05) is 13.0 Å². The lowest BCUT2D eigenvalue weighted by Gasteiger charge is -2.38. The van der Waals surface area contributed by atoms with Crippen molar-refractivity contribution < 1.29 is 33.7 Å². The molecule has 0 radical (unpaired) electrons. The monoisotopic (exact) mass is 443 g/mol. The Labute approximate surface area is 187 Å². The summed E-state index contributed by atoms with van der Waals surface area (Å²) in [5.74, 6) is -3.45. The molecule has 172 valence electrons. The van der Waals surface area contributed by atoms with Crippen molar-refractivity contribution in [3.63, 3.8) is 0 Å². The predicted molar refractivity (Wildman–Crippen MR) is 116 cm³/mol. The molecule has 3 rings (SSSR count). The van der Waals surface area contributed by atoms with Gasteiger partial charge in [0.05, 0.1) is 25.9 Å². The second-order valence-corrected chi connectivity index (χ2v) is 8.42. The molecular formula is C24H29NO7. The summed E-state index contributed by atoms with van der Waals surface area (Å²) in [6, 6.07) is 4.67. The minimum absolute atomic E-state index is 0.0672. The SMILES string of the molecule is COC(=O)[C@@H]1C(=O)C2=C(C[C@@H]1C)NC(C)=C(C(=O)OC(C)C)[C@@H]2c1ccc(O)c(OC)c1. The number of carbonyl (C=O) groups excluding carboxylic acids is 3. The number of hydrogen-bond donors (Lipinski definition) is 2. The number of phenolic OH excluding ortho intramolecular Hbond substituents is 1. The first-order chi connectivity index (χ1) is 15.1. The van der Waals surface area contributed by atoms with Gasteiger partial charge in [0.2, 0.25) is 0 Å². The minimum Gasteiger partial charge on any atom is -0.504 e. The van der Waals surface area contributed by atoms with Crippen molar-refractivity contribution in [3.8, 4) is 11.5 Å². The zero-order valence-electron chi connectivity index (χ0n) is 19.1. The largest absolute Gasteiger partial charge is 0.504 e. The first-order valence-corrected chi connectivity index (χ1v) is 10.5. The molecule has 0 unspecified atom stereocenters. The second kappa shape index (κ2) is 9.06. The van der Waals surface area contributed by atoms with Crippen LogP contribution in [0, 0.1) is 11.8 Å². The highest BCUT2D eigenvalue weighted by atomic mass is 16.5. The molecular weight excluding hydrogens is 414 g/mol. The molecule has 1 aliphatic carbocycles. The fraction of sp³-hybridized carbons (Fsp3) is 0.458. The molecule has 0 saturated carbocycles. The normalized spacial score (nSPS) is 23.0. The number of rotatable bonds is 5. The van der Waals surface area contributed by atoms with E-state index >= 15 is 0 Å². The lowest BCUT2D eigenvalue weighted by Crippen LogP contribution is -2.43. The molecule has 0 fully saturated rings. The van der Waals surface area contributed by atoms with Crippen LogP contribution in [0.4, 0.5) is 0 Å². The van der Waals surface area contributed by atoms with Crippen LogP contribution in [0.1, 0.15) is 45.6 Å². The number of hydrogen-bond acceptors (Lipinski definition) is 8. The Balaban J connectivity index is 2.22. The third-order valence-corrected chi connectivity index (χ3v) is 5.84. The summed E-state index contributed by atoms with van der Waals surface area (Å²) in [6.45, 7) is 7.07. The Bertz CT molecular complexity index is 1020. The topological polar surface area (TPSA) is 111 Å². The number of phenols is 1. The van der Waals surface area contributed by atoms with Crippen molar-refractivity contribution in [1.82, 2.24) is 5.32 Å². The van der Waals surface area contributed by atoms with E-state index in [0.717, 1.165) is 0 Å². The maximum Gasteiger partial charge on any atom is 0.337 e. The number of benzene rings is 1. The van der Waals surface area contributed by atoms with E-state index in [0.29, 0.717) is 29.0 Å². The van der Waals surface area contributed by atoms with Crippen LogP contribution in [0.25, 0.3) is 0 Å². The van der Waals surface area contributed by atoms with E-state index in [-0.39, 0.29) is 29.1 Å². The van der Waals surface area contributed by atoms with E-state index in [1.54, 1.807) is 32.9 Å². The van der Waals surface area contributed by atoms with E-state index < -0.39 is 29.6 Å². The molecule has 0 aromatic heterocycles. The van der Waals surface area contributed by atoms with Gasteiger partial charge in [-0.3, -0.25) is 9.59 Å². The van der Waals surface area contributed by atoms with Crippen LogP contribution in [0.2, 0.25) is 0 Å². The Morgan fingerprint density at radius 2 is 1.91 bits per heavy atom. The standard InChI is InChI=1S/C24H29NO7/c1-11(2)32-24(29)19-13(4)25-15-9-12(3)18(23(28)31-6)22(27)21(15)20(19)14-7-8-16(26)17(10-14)30-5/h7-8,10-12,18,20,25-26H,9H2,1-6H3/t12-,18-,20-/m0/s1. The van der Waals surface area contributed by atoms with E-state index in [4.69, 9.17) is 14.2 Å². The number of nitrogens with one attached hydrogen (secondary N) is 1. The molecule has 1 heterocycles. The van der Waals surface area contributed by atoms with Crippen molar-refractivity contribution in [2.75, 3.05) is 14.2 Å². The van der Waals surface area contributed by atoms with Gasteiger partial charge in [0.15, 0.2) is 17.3 Å². The van der Waals surface area contributed by atoms with Gasteiger partial charge in [0.25, 0.3) is 0 Å². The van der Waals surface area contributed by atoms with E-state index in [2.05, 4.69) is 5.32 Å². The fourth-order valence-corrected chi connectivity index (χ4v) is 4.44. The number of carbonyl (C=O) groups is 3. The quantitative estimate of drug-likeness (QED) is 0.528. The summed E-state index contributed by atoms with van der Waals surface area (Å²) >= 11 is 0. The zero-order valence-corrected chi connectivity index (χ0v) is 19.1. The highest BCUT2D eigenvalue weighted by molar-refractivity contribution is 6.12. The zero-order chi connectivity index (χ0) is 23.7. The predicted octanol–water partition coefficient (Wildman–Crippen LogP) is 2.97. The number of ketones is 1. The van der Waals surface area contributed by atoms with Crippen LogP contribution in [0.15, 0.2) is 40.7 Å². The Morgan fingerprint density at radius 3 is 2.50 bits per heavy atom. The summed E-state index contributed by atoms with van der Waals surface area (Å²) in [6.07, 6.45) is 0.0780. The first-order valence-electron chi connectivity index (χ1n) is 10.5. The average Bonchev–Trinajstić information content (AvgIpc) is 2.72. The van der Waals surface area contributed by atoms with Crippen LogP contribution in [-0.4, -0.2) is 43.2 Å². The molecule has 3 atom stereocenters. The lowest BCUT2D eigenvalue weighted by molar-refractivity contribution is -0.151. The Kier molecular flexibility index (Phi) is 6.62. The number of esters is 2. The first kappa shape index (κ1) is 23.4. The van der Waals surface area contributed by atoms with Gasteiger partial charge in [-0.25, -0.2) is 4.79 Å². The molecule has 32 heavy (non-hydrogen) atoms. The molecule has 8 nitrogen and oxygen atoms in total. The summed E-state index contributed by atoms with van der Waals surface area (Å²) < 4.78 is 15.6. The van der Waals surface area contributed by atoms with Crippen LogP contribution >= 0.6 is 0 Å². The molecule has 8 heteroatoms. The number of methoxy groups -OCH3 is 2. The lowest BCUT2D eigenvalue weighted by atomic mass is 9.69. The van der Waals surface area contributed by atoms with E-state index in [1.165, 1.54) is 20.3 Å². The molecule has 0 amide bonds. The van der Waals surface area contributed by atoms with Crippen molar-refractivity contribution in [3.05, 3.63) is 46.3 Å². The molecule has 2 N–H and O–H groups in total. The highest BCUT2D eigenvalue weighted by Gasteiger charge is 2.47. The van der Waals surface area contributed by atoms with Crippen molar-refractivity contribution in [2.45, 2.75) is 46.1 Å². The highest BCUT2D eigenvalue weighted by Crippen LogP contribution is 2.46. The molecule has 0 saturated heterocycles. The molecule has 0 spiro atoms. The summed E-state index contributed by atoms with van der Waals surface area (Å²) in [5, 5.41) is 13.3. The van der Waals surface area contributed by atoms with Gasteiger partial charge in [-0.05, 0) is 50.8 Å². The van der Waals surface area contributed by atoms with Crippen molar-refractivity contribution in [1.29, 1.82) is 0 Å². The summed E-state index contributed by atoms with van der Waals surface area (Å²) in [4.78, 5) is 39.2. The molecule has 1 aromatic rings. The number of allylic oxidation sites excluding steroid dienone is 3. The Hall–Kier alpha value is -3.29. The van der Waals surface area contributed by atoms with Gasteiger partial charge in [-0.2, -0.15) is 0 Å². The van der Waals surface area contributed by atoms with Gasteiger partial charge < -0.3 is 24.6 Å².